The number of nitrogens with zero attached hydrogens (tertiary/aromatic N) is 1. The molecule has 0 atom stereocenters. The Kier molecular flexibility index (Phi) is 4.48. The molecule has 1 aromatic rings. The fourth-order valence-corrected chi connectivity index (χ4v) is 3.22. The van der Waals surface area contributed by atoms with Crippen LogP contribution in [-0.2, 0) is 10.0 Å². The molecule has 0 aliphatic carbocycles. The van der Waals surface area contributed by atoms with E-state index in [0.29, 0.717) is 18.7 Å². The molecule has 0 saturated heterocycles. The van der Waals surface area contributed by atoms with E-state index in [9.17, 15) is 13.2 Å². The van der Waals surface area contributed by atoms with Crippen molar-refractivity contribution in [3.8, 4) is 0 Å². The maximum Gasteiger partial charge on any atom is 0.249 e. The van der Waals surface area contributed by atoms with E-state index in [-0.39, 0.29) is 10.5 Å². The summed E-state index contributed by atoms with van der Waals surface area (Å²) in [6.07, 6.45) is 0. The summed E-state index contributed by atoms with van der Waals surface area (Å²) in [6, 6.07) is 4.43. The second-order valence-electron chi connectivity index (χ2n) is 3.93. The predicted octanol–water partition coefficient (Wildman–Crippen LogP) is 1.12. The molecule has 0 aliphatic heterocycles. The van der Waals surface area contributed by atoms with Gasteiger partial charge in [-0.15, -0.1) is 0 Å². The van der Waals surface area contributed by atoms with Gasteiger partial charge in [0.15, 0.2) is 0 Å². The van der Waals surface area contributed by atoms with Gasteiger partial charge < -0.3 is 5.73 Å². The lowest BCUT2D eigenvalue weighted by Gasteiger charge is -2.19. The molecule has 6 heteroatoms. The SMILES string of the molecule is CCN(CC)S(=O)(=O)c1ccc(C)c(C(N)=O)c1. The molecular formula is C12H18N2O3S. The van der Waals surface area contributed by atoms with Crippen molar-refractivity contribution < 1.29 is 13.2 Å². The first kappa shape index (κ1) is 14.7. The number of rotatable bonds is 5. The van der Waals surface area contributed by atoms with Gasteiger partial charge in [-0.25, -0.2) is 8.42 Å². The van der Waals surface area contributed by atoms with Gasteiger partial charge in [0, 0.05) is 18.7 Å². The lowest BCUT2D eigenvalue weighted by Crippen LogP contribution is -2.30. The Bertz CT molecular complexity index is 548. The van der Waals surface area contributed by atoms with E-state index in [1.165, 1.54) is 16.4 Å². The average Bonchev–Trinajstić information content (AvgIpc) is 2.30. The highest BCUT2D eigenvalue weighted by molar-refractivity contribution is 7.89. The topological polar surface area (TPSA) is 80.5 Å². The number of primary amides is 1. The van der Waals surface area contributed by atoms with Crippen LogP contribution in [0.4, 0.5) is 0 Å². The third kappa shape index (κ3) is 2.70. The number of carbonyl (C=O) groups is 1. The Morgan fingerprint density at radius 3 is 2.28 bits per heavy atom. The molecule has 2 N–H and O–H groups in total. The van der Waals surface area contributed by atoms with Crippen LogP contribution in [0.1, 0.15) is 29.8 Å². The van der Waals surface area contributed by atoms with Gasteiger partial charge in [0.2, 0.25) is 15.9 Å². The summed E-state index contributed by atoms with van der Waals surface area (Å²) in [6.45, 7) is 6.03. The number of hydrogen-bond acceptors (Lipinski definition) is 3. The van der Waals surface area contributed by atoms with Crippen LogP contribution in [0, 0.1) is 6.92 Å². The molecule has 0 heterocycles. The van der Waals surface area contributed by atoms with E-state index in [1.54, 1.807) is 26.8 Å². The number of hydrogen-bond donors (Lipinski definition) is 1. The van der Waals surface area contributed by atoms with Gasteiger partial charge in [-0.3, -0.25) is 4.79 Å². The van der Waals surface area contributed by atoms with Gasteiger partial charge in [-0.05, 0) is 24.6 Å². The van der Waals surface area contributed by atoms with Gasteiger partial charge in [0.05, 0.1) is 4.90 Å². The molecule has 0 aliphatic rings. The van der Waals surface area contributed by atoms with E-state index < -0.39 is 15.9 Å². The normalized spacial score (nSPS) is 11.8. The van der Waals surface area contributed by atoms with Gasteiger partial charge in [-0.1, -0.05) is 19.9 Å². The van der Waals surface area contributed by atoms with Crippen LogP contribution >= 0.6 is 0 Å². The molecule has 0 spiro atoms. The van der Waals surface area contributed by atoms with Crippen molar-refractivity contribution in [2.45, 2.75) is 25.7 Å². The molecule has 1 amide bonds. The number of nitrogens with two attached hydrogens (primary N) is 1. The van der Waals surface area contributed by atoms with Crippen molar-refractivity contribution >= 4 is 15.9 Å². The number of aryl methyl sites for hydroxylation is 1. The van der Waals surface area contributed by atoms with Gasteiger partial charge in [0.25, 0.3) is 0 Å². The van der Waals surface area contributed by atoms with E-state index in [0.717, 1.165) is 0 Å². The zero-order valence-electron chi connectivity index (χ0n) is 10.8. The molecule has 0 bridgehead atoms. The summed E-state index contributed by atoms with van der Waals surface area (Å²) >= 11 is 0. The minimum atomic E-state index is -3.55. The second-order valence-corrected chi connectivity index (χ2v) is 5.87. The van der Waals surface area contributed by atoms with Gasteiger partial charge >= 0.3 is 0 Å². The molecule has 0 radical (unpaired) electrons. The van der Waals surface area contributed by atoms with Crippen molar-refractivity contribution in [1.29, 1.82) is 0 Å². The summed E-state index contributed by atoms with van der Waals surface area (Å²) < 4.78 is 25.8. The fraction of sp³-hybridized carbons (Fsp3) is 0.417. The smallest absolute Gasteiger partial charge is 0.249 e. The quantitative estimate of drug-likeness (QED) is 0.870. The Morgan fingerprint density at radius 2 is 1.83 bits per heavy atom. The number of sulfonamides is 1. The zero-order chi connectivity index (χ0) is 13.9. The summed E-state index contributed by atoms with van der Waals surface area (Å²) in [5, 5.41) is 0. The van der Waals surface area contributed by atoms with Crippen LogP contribution in [0.5, 0.6) is 0 Å². The van der Waals surface area contributed by atoms with E-state index in [4.69, 9.17) is 5.73 Å². The summed E-state index contributed by atoms with van der Waals surface area (Å²) in [4.78, 5) is 11.3. The fourth-order valence-electron chi connectivity index (χ4n) is 1.74. The molecule has 0 aromatic heterocycles. The van der Waals surface area contributed by atoms with Crippen molar-refractivity contribution in [1.82, 2.24) is 4.31 Å². The maximum absolute atomic E-state index is 12.3. The number of benzene rings is 1. The van der Waals surface area contributed by atoms with E-state index in [2.05, 4.69) is 0 Å². The first-order valence-electron chi connectivity index (χ1n) is 5.75. The molecule has 1 aromatic carbocycles. The second kappa shape index (κ2) is 5.49. The minimum Gasteiger partial charge on any atom is -0.366 e. The molecule has 5 nitrogen and oxygen atoms in total. The minimum absolute atomic E-state index is 0.102. The summed E-state index contributed by atoms with van der Waals surface area (Å²) in [5.41, 5.74) is 6.13. The highest BCUT2D eigenvalue weighted by Gasteiger charge is 2.22. The maximum atomic E-state index is 12.3. The molecule has 100 valence electrons. The van der Waals surface area contributed by atoms with Crippen LogP contribution in [0.2, 0.25) is 0 Å². The van der Waals surface area contributed by atoms with Crippen molar-refractivity contribution in [2.24, 2.45) is 5.73 Å². The predicted molar refractivity (Wildman–Crippen MR) is 69.8 cm³/mol. The Morgan fingerprint density at radius 1 is 1.28 bits per heavy atom. The molecule has 0 saturated carbocycles. The Balaban J connectivity index is 3.34. The monoisotopic (exact) mass is 270 g/mol. The molecule has 1 rings (SSSR count). The first-order valence-corrected chi connectivity index (χ1v) is 7.19. The van der Waals surface area contributed by atoms with Crippen LogP contribution < -0.4 is 5.73 Å². The van der Waals surface area contributed by atoms with Crippen LogP contribution in [0.15, 0.2) is 23.1 Å². The van der Waals surface area contributed by atoms with Crippen LogP contribution in [-0.4, -0.2) is 31.7 Å². The first-order chi connectivity index (χ1) is 8.34. The highest BCUT2D eigenvalue weighted by Crippen LogP contribution is 2.19. The number of amides is 1. The van der Waals surface area contributed by atoms with E-state index in [1.807, 2.05) is 0 Å². The van der Waals surface area contributed by atoms with Crippen molar-refractivity contribution in [2.75, 3.05) is 13.1 Å². The standard InChI is InChI=1S/C12H18N2O3S/c1-4-14(5-2)18(16,17)10-7-6-9(3)11(8-10)12(13)15/h6-8H,4-5H2,1-3H3,(H2,13,15). The van der Waals surface area contributed by atoms with Crippen molar-refractivity contribution in [3.63, 3.8) is 0 Å². The lowest BCUT2D eigenvalue weighted by molar-refractivity contribution is 0.0999. The zero-order valence-corrected chi connectivity index (χ0v) is 11.6. The summed E-state index contributed by atoms with van der Waals surface area (Å²) in [7, 11) is -3.55. The molecular weight excluding hydrogens is 252 g/mol. The van der Waals surface area contributed by atoms with E-state index >= 15 is 0 Å². The lowest BCUT2D eigenvalue weighted by atomic mass is 10.1. The molecule has 0 fully saturated rings. The van der Waals surface area contributed by atoms with Gasteiger partial charge in [0.1, 0.15) is 0 Å². The Labute approximate surface area is 108 Å². The molecule has 0 unspecified atom stereocenters. The van der Waals surface area contributed by atoms with Crippen LogP contribution in [0.3, 0.4) is 0 Å². The van der Waals surface area contributed by atoms with Gasteiger partial charge in [-0.2, -0.15) is 4.31 Å². The third-order valence-electron chi connectivity index (χ3n) is 2.82. The molecule has 18 heavy (non-hydrogen) atoms. The highest BCUT2D eigenvalue weighted by atomic mass is 32.2. The van der Waals surface area contributed by atoms with Crippen molar-refractivity contribution in [3.05, 3.63) is 29.3 Å². The summed E-state index contributed by atoms with van der Waals surface area (Å²) in [5.74, 6) is -0.621. The average molecular weight is 270 g/mol. The largest absolute Gasteiger partial charge is 0.366 e. The van der Waals surface area contributed by atoms with Crippen LogP contribution in [0.25, 0.3) is 0 Å². The third-order valence-corrected chi connectivity index (χ3v) is 4.86. The Hall–Kier alpha value is -1.40. The number of carbonyl (C=O) groups excluding carboxylic acids is 1.